The molecule has 0 fully saturated rings. The number of pyridine rings is 1. The molecule has 0 amide bonds. The second-order valence-corrected chi connectivity index (χ2v) is 4.26. The minimum Gasteiger partial charge on any atom is -0.481 e. The molecule has 0 aliphatic carbocycles. The van der Waals surface area contributed by atoms with E-state index in [0.29, 0.717) is 5.01 Å². The molecule has 82 valence electrons. The van der Waals surface area contributed by atoms with Gasteiger partial charge in [-0.25, -0.2) is 4.98 Å². The molecule has 2 heterocycles. The van der Waals surface area contributed by atoms with Crippen LogP contribution >= 0.6 is 11.3 Å². The van der Waals surface area contributed by atoms with E-state index in [-0.39, 0.29) is 0 Å². The van der Waals surface area contributed by atoms with Crippen LogP contribution in [-0.2, 0) is 4.79 Å². The first-order valence-electron chi connectivity index (χ1n) is 4.77. The van der Waals surface area contributed by atoms with Gasteiger partial charge in [-0.05, 0) is 19.1 Å². The molecule has 2 aromatic rings. The molecule has 1 atom stereocenters. The van der Waals surface area contributed by atoms with E-state index < -0.39 is 11.9 Å². The van der Waals surface area contributed by atoms with E-state index >= 15 is 0 Å². The lowest BCUT2D eigenvalue weighted by Crippen LogP contribution is -2.06. The number of aromatic nitrogens is 2. The smallest absolute Gasteiger partial charge is 0.313 e. The largest absolute Gasteiger partial charge is 0.481 e. The predicted molar refractivity (Wildman–Crippen MR) is 61.4 cm³/mol. The minimum atomic E-state index is -0.855. The van der Waals surface area contributed by atoms with Gasteiger partial charge in [0.25, 0.3) is 0 Å². The van der Waals surface area contributed by atoms with Crippen LogP contribution in [0.2, 0.25) is 0 Å². The van der Waals surface area contributed by atoms with Crippen LogP contribution in [0.1, 0.15) is 17.8 Å². The minimum absolute atomic E-state index is 0.560. The summed E-state index contributed by atoms with van der Waals surface area (Å²) in [6.45, 7) is 1.63. The maximum absolute atomic E-state index is 10.8. The molecule has 0 aliphatic heterocycles. The summed E-state index contributed by atoms with van der Waals surface area (Å²) < 4.78 is 0. The molecule has 0 radical (unpaired) electrons. The highest BCUT2D eigenvalue weighted by atomic mass is 32.1. The number of nitrogens with zero attached hydrogens (tertiary/aromatic N) is 2. The highest BCUT2D eigenvalue weighted by Gasteiger charge is 2.17. The second-order valence-electron chi connectivity index (χ2n) is 3.37. The van der Waals surface area contributed by atoms with Gasteiger partial charge in [0, 0.05) is 23.3 Å². The number of carboxylic acids is 1. The Morgan fingerprint density at radius 2 is 2.38 bits per heavy atom. The maximum Gasteiger partial charge on any atom is 0.313 e. The van der Waals surface area contributed by atoms with Crippen LogP contribution in [0.3, 0.4) is 0 Å². The summed E-state index contributed by atoms with van der Waals surface area (Å²) in [7, 11) is 0. The van der Waals surface area contributed by atoms with E-state index in [2.05, 4.69) is 9.97 Å². The van der Waals surface area contributed by atoms with Gasteiger partial charge in [0.15, 0.2) is 0 Å². The van der Waals surface area contributed by atoms with Crippen molar-refractivity contribution in [3.63, 3.8) is 0 Å². The number of thiazole rings is 1. The molecule has 0 spiro atoms. The third kappa shape index (κ3) is 2.09. The van der Waals surface area contributed by atoms with Crippen LogP contribution in [0.4, 0.5) is 0 Å². The molecule has 1 unspecified atom stereocenters. The summed E-state index contributed by atoms with van der Waals surface area (Å²) >= 11 is 1.36. The van der Waals surface area contributed by atoms with E-state index in [1.54, 1.807) is 19.3 Å². The summed E-state index contributed by atoms with van der Waals surface area (Å²) in [5, 5.41) is 11.3. The zero-order valence-electron chi connectivity index (χ0n) is 8.62. The fraction of sp³-hybridized carbons (Fsp3) is 0.182. The third-order valence-corrected chi connectivity index (χ3v) is 3.25. The van der Waals surface area contributed by atoms with E-state index in [1.165, 1.54) is 11.3 Å². The molecule has 0 aromatic carbocycles. The van der Waals surface area contributed by atoms with Gasteiger partial charge in [0.1, 0.15) is 10.9 Å². The lowest BCUT2D eigenvalue weighted by Gasteiger charge is -1.99. The lowest BCUT2D eigenvalue weighted by molar-refractivity contribution is -0.138. The number of rotatable bonds is 3. The zero-order chi connectivity index (χ0) is 11.5. The summed E-state index contributed by atoms with van der Waals surface area (Å²) in [5.41, 5.74) is 1.68. The van der Waals surface area contributed by atoms with Crippen molar-refractivity contribution in [3.05, 3.63) is 34.9 Å². The molecular weight excluding hydrogens is 224 g/mol. The number of carbonyl (C=O) groups is 1. The van der Waals surface area contributed by atoms with E-state index in [0.717, 1.165) is 11.3 Å². The Morgan fingerprint density at radius 1 is 1.56 bits per heavy atom. The Labute approximate surface area is 96.6 Å². The van der Waals surface area contributed by atoms with Crippen LogP contribution < -0.4 is 0 Å². The van der Waals surface area contributed by atoms with Crippen molar-refractivity contribution >= 4 is 17.3 Å². The number of carboxylic acid groups (broad SMARTS) is 1. The average molecular weight is 234 g/mol. The number of aliphatic carboxylic acids is 1. The van der Waals surface area contributed by atoms with Crippen molar-refractivity contribution in [1.82, 2.24) is 9.97 Å². The SMILES string of the molecule is CC(C(=O)O)c1nc(-c2cccnc2)cs1. The summed E-state index contributed by atoms with van der Waals surface area (Å²) in [6, 6.07) is 3.73. The Morgan fingerprint density at radius 3 is 3.00 bits per heavy atom. The summed E-state index contributed by atoms with van der Waals surface area (Å²) in [5.74, 6) is -1.41. The molecule has 2 aromatic heterocycles. The van der Waals surface area contributed by atoms with Gasteiger partial charge in [0.05, 0.1) is 5.69 Å². The molecule has 16 heavy (non-hydrogen) atoms. The van der Waals surface area contributed by atoms with Crippen LogP contribution in [-0.4, -0.2) is 21.0 Å². The van der Waals surface area contributed by atoms with Crippen molar-refractivity contribution in [1.29, 1.82) is 0 Å². The number of hydrogen-bond acceptors (Lipinski definition) is 4. The highest BCUT2D eigenvalue weighted by Crippen LogP contribution is 2.25. The Balaban J connectivity index is 2.30. The first-order chi connectivity index (χ1) is 7.68. The standard InChI is InChI=1S/C11H10N2O2S/c1-7(11(14)15)10-13-9(6-16-10)8-3-2-4-12-5-8/h2-7H,1H3,(H,14,15). The first kappa shape index (κ1) is 10.8. The quantitative estimate of drug-likeness (QED) is 0.885. The van der Waals surface area contributed by atoms with Gasteiger partial charge >= 0.3 is 5.97 Å². The molecule has 5 heteroatoms. The fourth-order valence-corrected chi connectivity index (χ4v) is 2.12. The Hall–Kier alpha value is -1.75. The van der Waals surface area contributed by atoms with Crippen molar-refractivity contribution in [2.45, 2.75) is 12.8 Å². The normalized spacial score (nSPS) is 12.3. The average Bonchev–Trinajstić information content (AvgIpc) is 2.78. The van der Waals surface area contributed by atoms with Gasteiger partial charge < -0.3 is 5.11 Å². The van der Waals surface area contributed by atoms with E-state index in [1.807, 2.05) is 17.5 Å². The molecule has 0 saturated carbocycles. The van der Waals surface area contributed by atoms with Crippen LogP contribution in [0.15, 0.2) is 29.9 Å². The van der Waals surface area contributed by atoms with Gasteiger partial charge in [-0.2, -0.15) is 0 Å². The molecule has 0 saturated heterocycles. The highest BCUT2D eigenvalue weighted by molar-refractivity contribution is 7.10. The first-order valence-corrected chi connectivity index (χ1v) is 5.65. The zero-order valence-corrected chi connectivity index (χ0v) is 9.44. The molecule has 0 aliphatic rings. The Bertz CT molecular complexity index is 496. The molecule has 2 rings (SSSR count). The monoisotopic (exact) mass is 234 g/mol. The summed E-state index contributed by atoms with van der Waals surface area (Å²) in [6.07, 6.45) is 3.40. The van der Waals surface area contributed by atoms with Gasteiger partial charge in [-0.1, -0.05) is 0 Å². The second kappa shape index (κ2) is 4.40. The molecule has 1 N–H and O–H groups in total. The molecular formula is C11H10N2O2S. The number of hydrogen-bond donors (Lipinski definition) is 1. The van der Waals surface area contributed by atoms with Crippen molar-refractivity contribution in [2.75, 3.05) is 0 Å². The van der Waals surface area contributed by atoms with Crippen molar-refractivity contribution in [3.8, 4) is 11.3 Å². The topological polar surface area (TPSA) is 63.1 Å². The van der Waals surface area contributed by atoms with Crippen LogP contribution in [0, 0.1) is 0 Å². The summed E-state index contributed by atoms with van der Waals surface area (Å²) in [4.78, 5) is 19.1. The molecule has 4 nitrogen and oxygen atoms in total. The molecule has 0 bridgehead atoms. The fourth-order valence-electron chi connectivity index (χ4n) is 1.24. The van der Waals surface area contributed by atoms with Gasteiger partial charge in [-0.3, -0.25) is 9.78 Å². The third-order valence-electron chi connectivity index (χ3n) is 2.22. The van der Waals surface area contributed by atoms with Crippen molar-refractivity contribution < 1.29 is 9.90 Å². The Kier molecular flexibility index (Phi) is 2.96. The maximum atomic E-state index is 10.8. The van der Waals surface area contributed by atoms with Gasteiger partial charge in [0.2, 0.25) is 0 Å². The van der Waals surface area contributed by atoms with Gasteiger partial charge in [-0.15, -0.1) is 11.3 Å². The van der Waals surface area contributed by atoms with Crippen LogP contribution in [0.5, 0.6) is 0 Å². The lowest BCUT2D eigenvalue weighted by atomic mass is 10.2. The van der Waals surface area contributed by atoms with Crippen molar-refractivity contribution in [2.24, 2.45) is 0 Å². The van der Waals surface area contributed by atoms with E-state index in [9.17, 15) is 4.79 Å². The predicted octanol–water partition coefficient (Wildman–Crippen LogP) is 2.39. The van der Waals surface area contributed by atoms with E-state index in [4.69, 9.17) is 5.11 Å². The van der Waals surface area contributed by atoms with Crippen LogP contribution in [0.25, 0.3) is 11.3 Å².